The summed E-state index contributed by atoms with van der Waals surface area (Å²) in [6.45, 7) is 6.54. The summed E-state index contributed by atoms with van der Waals surface area (Å²) in [6.07, 6.45) is 5.92. The van der Waals surface area contributed by atoms with E-state index in [9.17, 15) is 4.79 Å². The summed E-state index contributed by atoms with van der Waals surface area (Å²) in [4.78, 5) is 18.9. The number of hydrogen-bond donors (Lipinski definition) is 0. The van der Waals surface area contributed by atoms with Gasteiger partial charge in [0.05, 0.1) is 45.2 Å². The number of aryl methyl sites for hydroxylation is 3. The molecule has 0 unspecified atom stereocenters. The Morgan fingerprint density at radius 1 is 1.24 bits per heavy atom. The molecule has 33 heavy (non-hydrogen) atoms. The summed E-state index contributed by atoms with van der Waals surface area (Å²) in [6, 6.07) is 3.77. The number of rotatable bonds is 8. The number of aromatic nitrogens is 7. The molecular weight excluding hydrogens is 535 g/mol. The van der Waals surface area contributed by atoms with Crippen LogP contribution in [-0.4, -0.2) is 65.2 Å². The lowest BCUT2D eigenvalue weighted by Gasteiger charge is -2.18. The highest BCUT2D eigenvalue weighted by Gasteiger charge is 2.23. The van der Waals surface area contributed by atoms with Crippen molar-refractivity contribution in [3.63, 3.8) is 0 Å². The van der Waals surface area contributed by atoms with Gasteiger partial charge in [-0.3, -0.25) is 9.48 Å². The Balaban J connectivity index is 1.49. The smallest absolute Gasteiger partial charge is 0.273 e. The van der Waals surface area contributed by atoms with E-state index < -0.39 is 0 Å². The molecule has 11 heteroatoms. The summed E-state index contributed by atoms with van der Waals surface area (Å²) >= 11 is 2.19. The topological polar surface area (TPSA) is 95.4 Å². The number of fused-ring (bicyclic) bond motifs is 1. The molecule has 0 radical (unpaired) electrons. The number of halogens is 1. The van der Waals surface area contributed by atoms with Gasteiger partial charge in [-0.05, 0) is 47.2 Å². The van der Waals surface area contributed by atoms with Crippen LogP contribution in [0.5, 0.6) is 5.88 Å². The minimum atomic E-state index is -0.0906. The van der Waals surface area contributed by atoms with Crippen molar-refractivity contribution in [3.8, 4) is 17.1 Å². The molecule has 172 valence electrons. The second-order valence-electron chi connectivity index (χ2n) is 7.52. The van der Waals surface area contributed by atoms with Crippen LogP contribution in [0.15, 0.2) is 31.1 Å². The van der Waals surface area contributed by atoms with Gasteiger partial charge in [0, 0.05) is 21.1 Å². The first-order valence-corrected chi connectivity index (χ1v) is 11.5. The van der Waals surface area contributed by atoms with Crippen LogP contribution in [-0.2, 0) is 20.5 Å². The Hall–Kier alpha value is -3.22. The molecule has 0 aliphatic carbocycles. The molecule has 0 bridgehead atoms. The number of carbonyl (C=O) groups excluding carboxylic acids is 1. The molecule has 0 aliphatic heterocycles. The third-order valence-corrected chi connectivity index (χ3v) is 6.50. The van der Waals surface area contributed by atoms with Gasteiger partial charge in [0.1, 0.15) is 12.3 Å². The highest BCUT2D eigenvalue weighted by atomic mass is 127. The first-order valence-electron chi connectivity index (χ1n) is 10.4. The Kier molecular flexibility index (Phi) is 6.49. The molecule has 0 aliphatic rings. The van der Waals surface area contributed by atoms with Crippen LogP contribution in [0.3, 0.4) is 0 Å². The molecule has 0 saturated carbocycles. The molecule has 0 saturated heterocycles. The minimum Gasteiger partial charge on any atom is -0.475 e. The van der Waals surface area contributed by atoms with E-state index in [4.69, 9.17) is 4.74 Å². The third kappa shape index (κ3) is 4.24. The minimum absolute atomic E-state index is 0.0906. The normalized spacial score (nSPS) is 11.2. The standard InChI is InChI=1S/C22H25IN8O2/c1-6-14-12-24-18-9-8-17(27-31(14)18)15-13-25-30(5)22(15)33-11-10-28(3)21(32)20-19(23)16(7-2)26-29(20)4/h6,8-9,12-13H,1,7,10-11H2,2-5H3. The highest BCUT2D eigenvalue weighted by molar-refractivity contribution is 14.1. The van der Waals surface area contributed by atoms with Crippen molar-refractivity contribution in [2.75, 3.05) is 20.2 Å². The second kappa shape index (κ2) is 9.33. The number of likely N-dealkylation sites (N-methyl/N-ethyl adjacent to an activating group) is 1. The van der Waals surface area contributed by atoms with Gasteiger partial charge in [-0.1, -0.05) is 13.5 Å². The molecule has 4 rings (SSSR count). The van der Waals surface area contributed by atoms with E-state index >= 15 is 0 Å². The Bertz CT molecular complexity index is 1340. The van der Waals surface area contributed by atoms with Crippen LogP contribution in [0.4, 0.5) is 0 Å². The quantitative estimate of drug-likeness (QED) is 0.308. The van der Waals surface area contributed by atoms with Crippen molar-refractivity contribution >= 4 is 40.2 Å². The summed E-state index contributed by atoms with van der Waals surface area (Å²) in [5.41, 5.74) is 4.50. The van der Waals surface area contributed by atoms with Crippen molar-refractivity contribution in [2.45, 2.75) is 13.3 Å². The average molecular weight is 560 g/mol. The van der Waals surface area contributed by atoms with Gasteiger partial charge in [0.15, 0.2) is 5.65 Å². The number of carbonyl (C=O) groups is 1. The van der Waals surface area contributed by atoms with Crippen LogP contribution in [0.2, 0.25) is 0 Å². The van der Waals surface area contributed by atoms with E-state index in [2.05, 4.69) is 49.4 Å². The summed E-state index contributed by atoms with van der Waals surface area (Å²) in [7, 11) is 5.36. The molecule has 0 spiro atoms. The van der Waals surface area contributed by atoms with Crippen molar-refractivity contribution in [2.24, 2.45) is 14.1 Å². The Morgan fingerprint density at radius 3 is 2.73 bits per heavy atom. The average Bonchev–Trinajstić information content (AvgIpc) is 3.47. The maximum Gasteiger partial charge on any atom is 0.273 e. The maximum absolute atomic E-state index is 13.0. The number of ether oxygens (including phenoxy) is 1. The lowest BCUT2D eigenvalue weighted by atomic mass is 10.2. The zero-order valence-electron chi connectivity index (χ0n) is 19.0. The largest absolute Gasteiger partial charge is 0.475 e. The lowest BCUT2D eigenvalue weighted by molar-refractivity contribution is 0.0759. The van der Waals surface area contributed by atoms with E-state index in [0.29, 0.717) is 30.4 Å². The van der Waals surface area contributed by atoms with E-state index in [1.165, 1.54) is 0 Å². The monoisotopic (exact) mass is 560 g/mol. The van der Waals surface area contributed by atoms with Gasteiger partial charge >= 0.3 is 0 Å². The van der Waals surface area contributed by atoms with Crippen LogP contribution in [0, 0.1) is 3.57 Å². The highest BCUT2D eigenvalue weighted by Crippen LogP contribution is 2.28. The fourth-order valence-corrected chi connectivity index (χ4v) is 4.59. The third-order valence-electron chi connectivity index (χ3n) is 5.36. The summed E-state index contributed by atoms with van der Waals surface area (Å²) in [5.74, 6) is 0.485. The fraction of sp³-hybridized carbons (Fsp3) is 0.318. The van der Waals surface area contributed by atoms with Gasteiger partial charge in [-0.25, -0.2) is 14.2 Å². The van der Waals surface area contributed by atoms with Gasteiger partial charge in [-0.2, -0.15) is 15.3 Å². The van der Waals surface area contributed by atoms with Crippen molar-refractivity contribution < 1.29 is 9.53 Å². The summed E-state index contributed by atoms with van der Waals surface area (Å²) in [5, 5.41) is 13.4. The van der Waals surface area contributed by atoms with Crippen LogP contribution < -0.4 is 4.74 Å². The molecule has 0 N–H and O–H groups in total. The molecule has 10 nitrogen and oxygen atoms in total. The predicted molar refractivity (Wildman–Crippen MR) is 133 cm³/mol. The molecule has 1 amide bonds. The molecule has 0 aromatic carbocycles. The van der Waals surface area contributed by atoms with E-state index in [1.54, 1.807) is 51.3 Å². The summed E-state index contributed by atoms with van der Waals surface area (Å²) < 4.78 is 12.0. The SMILES string of the molecule is C=Cc1cnc2ccc(-c3cnn(C)c3OCCN(C)C(=O)c3c(I)c(CC)nn3C)nn12. The van der Waals surface area contributed by atoms with Gasteiger partial charge in [0.2, 0.25) is 5.88 Å². The Morgan fingerprint density at radius 2 is 2.03 bits per heavy atom. The van der Waals surface area contributed by atoms with E-state index in [-0.39, 0.29) is 5.91 Å². The first-order chi connectivity index (χ1) is 15.8. The zero-order valence-corrected chi connectivity index (χ0v) is 21.1. The van der Waals surface area contributed by atoms with Crippen molar-refractivity contribution in [1.82, 2.24) is 39.1 Å². The molecule has 4 aromatic heterocycles. The number of imidazole rings is 1. The lowest BCUT2D eigenvalue weighted by Crippen LogP contribution is -2.32. The van der Waals surface area contributed by atoms with Crippen molar-refractivity contribution in [1.29, 1.82) is 0 Å². The van der Waals surface area contributed by atoms with E-state index in [1.807, 2.05) is 26.1 Å². The van der Waals surface area contributed by atoms with Gasteiger partial charge in [-0.15, -0.1) is 0 Å². The second-order valence-corrected chi connectivity index (χ2v) is 8.60. The molecule has 4 aromatic rings. The molecule has 0 atom stereocenters. The van der Waals surface area contributed by atoms with E-state index in [0.717, 1.165) is 32.6 Å². The molecule has 0 fully saturated rings. The first kappa shape index (κ1) is 23.0. The predicted octanol–water partition coefficient (Wildman–Crippen LogP) is 2.82. The van der Waals surface area contributed by atoms with Gasteiger partial charge < -0.3 is 9.64 Å². The zero-order chi connectivity index (χ0) is 23.7. The van der Waals surface area contributed by atoms with Crippen LogP contribution >= 0.6 is 22.6 Å². The number of amides is 1. The van der Waals surface area contributed by atoms with Crippen LogP contribution in [0.25, 0.3) is 23.0 Å². The number of hydrogen-bond acceptors (Lipinski definition) is 6. The van der Waals surface area contributed by atoms with Crippen LogP contribution in [0.1, 0.15) is 28.8 Å². The maximum atomic E-state index is 13.0. The Labute approximate surface area is 205 Å². The molecule has 4 heterocycles. The fourth-order valence-electron chi connectivity index (χ4n) is 3.52. The van der Waals surface area contributed by atoms with Gasteiger partial charge in [0.25, 0.3) is 5.91 Å². The van der Waals surface area contributed by atoms with Crippen molar-refractivity contribution in [3.05, 3.63) is 51.8 Å². The molecular formula is C22H25IN8O2. The number of nitrogens with zero attached hydrogens (tertiary/aromatic N) is 8.